The van der Waals surface area contributed by atoms with Crippen LogP contribution in [0.25, 0.3) is 0 Å². The predicted molar refractivity (Wildman–Crippen MR) is 69.7 cm³/mol. The van der Waals surface area contributed by atoms with Crippen molar-refractivity contribution in [1.82, 2.24) is 0 Å². The predicted octanol–water partition coefficient (Wildman–Crippen LogP) is 3.16. The molecule has 1 atom stereocenters. The number of aryl methyl sites for hydroxylation is 1. The first kappa shape index (κ1) is 14.0. The topological polar surface area (TPSA) is 37.4 Å². The van der Waals surface area contributed by atoms with Crippen LogP contribution in [0.5, 0.6) is 0 Å². The first-order chi connectivity index (χ1) is 7.84. The highest BCUT2D eigenvalue weighted by atomic mass is 35.5. The number of carbonyl (C=O) groups excluding carboxylic acids is 2. The molecule has 0 N–H and O–H groups in total. The lowest BCUT2D eigenvalue weighted by Crippen LogP contribution is -2.39. The van der Waals surface area contributed by atoms with Gasteiger partial charge in [-0.05, 0) is 31.5 Å². The summed E-state index contributed by atoms with van der Waals surface area (Å²) in [6, 6.07) is 5.03. The van der Waals surface area contributed by atoms with Crippen LogP contribution in [0.15, 0.2) is 18.2 Å². The van der Waals surface area contributed by atoms with Gasteiger partial charge in [0.2, 0.25) is 5.91 Å². The van der Waals surface area contributed by atoms with Gasteiger partial charge in [0, 0.05) is 11.9 Å². The van der Waals surface area contributed by atoms with Crippen molar-refractivity contribution in [3.8, 4) is 0 Å². The lowest BCUT2D eigenvalue weighted by molar-refractivity contribution is -0.125. The molecule has 3 nitrogen and oxygen atoms in total. The Morgan fingerprint density at radius 2 is 1.94 bits per heavy atom. The molecule has 5 heteroatoms. The van der Waals surface area contributed by atoms with Crippen molar-refractivity contribution in [2.24, 2.45) is 0 Å². The fourth-order valence-electron chi connectivity index (χ4n) is 1.44. The summed E-state index contributed by atoms with van der Waals surface area (Å²) >= 11 is 11.6. The minimum Gasteiger partial charge on any atom is -0.274 e. The van der Waals surface area contributed by atoms with Gasteiger partial charge in [0.25, 0.3) is 5.91 Å². The Bertz CT molecular complexity index is 458. The average Bonchev–Trinajstić information content (AvgIpc) is 2.22. The number of benzene rings is 1. The Labute approximate surface area is 110 Å². The first-order valence-electron chi connectivity index (χ1n) is 5.09. The molecule has 1 rings (SSSR count). The smallest absolute Gasteiger partial charge is 0.251 e. The Morgan fingerprint density at radius 3 is 2.41 bits per heavy atom. The van der Waals surface area contributed by atoms with Crippen molar-refractivity contribution in [2.75, 3.05) is 4.90 Å². The third-order valence-electron chi connectivity index (χ3n) is 2.29. The molecule has 0 saturated heterocycles. The standard InChI is InChI=1S/C12H13Cl2NO2/c1-7-4-5-10(14)6-11(7)15(9(3)16)12(17)8(2)13/h4-6,8H,1-3H3. The number of hydrogen-bond acceptors (Lipinski definition) is 2. The van der Waals surface area contributed by atoms with E-state index in [0.29, 0.717) is 10.7 Å². The van der Waals surface area contributed by atoms with E-state index in [1.54, 1.807) is 25.1 Å². The Kier molecular flexibility index (Phi) is 4.54. The lowest BCUT2D eigenvalue weighted by Gasteiger charge is -2.22. The summed E-state index contributed by atoms with van der Waals surface area (Å²) in [4.78, 5) is 24.5. The van der Waals surface area contributed by atoms with Crippen LogP contribution >= 0.6 is 23.2 Å². The molecule has 0 spiro atoms. The van der Waals surface area contributed by atoms with Crippen molar-refractivity contribution in [3.05, 3.63) is 28.8 Å². The molecule has 2 amide bonds. The Balaban J connectivity index is 3.28. The molecule has 0 radical (unpaired) electrons. The zero-order valence-electron chi connectivity index (χ0n) is 9.83. The van der Waals surface area contributed by atoms with Gasteiger partial charge in [0.05, 0.1) is 5.69 Å². The molecule has 1 unspecified atom stereocenters. The minimum absolute atomic E-state index is 0.382. The molecular weight excluding hydrogens is 261 g/mol. The molecule has 1 aromatic carbocycles. The molecule has 0 saturated carbocycles. The van der Waals surface area contributed by atoms with Crippen molar-refractivity contribution in [2.45, 2.75) is 26.1 Å². The van der Waals surface area contributed by atoms with Gasteiger partial charge < -0.3 is 0 Å². The Morgan fingerprint density at radius 1 is 1.35 bits per heavy atom. The van der Waals surface area contributed by atoms with Gasteiger partial charge in [0.15, 0.2) is 0 Å². The van der Waals surface area contributed by atoms with Gasteiger partial charge in [0.1, 0.15) is 5.38 Å². The highest BCUT2D eigenvalue weighted by molar-refractivity contribution is 6.36. The fourth-order valence-corrected chi connectivity index (χ4v) is 1.71. The molecule has 0 aromatic heterocycles. The minimum atomic E-state index is -0.766. The SMILES string of the molecule is CC(=O)N(C(=O)C(C)Cl)c1cc(Cl)ccc1C. The van der Waals surface area contributed by atoms with Gasteiger partial charge in [-0.3, -0.25) is 9.59 Å². The van der Waals surface area contributed by atoms with Crippen LogP contribution in [-0.2, 0) is 9.59 Å². The van der Waals surface area contributed by atoms with Crippen LogP contribution in [0.1, 0.15) is 19.4 Å². The summed E-state index contributed by atoms with van der Waals surface area (Å²) in [6.45, 7) is 4.64. The van der Waals surface area contributed by atoms with E-state index in [2.05, 4.69) is 0 Å². The van der Waals surface area contributed by atoms with Gasteiger partial charge in [-0.25, -0.2) is 4.90 Å². The molecule has 92 valence electrons. The van der Waals surface area contributed by atoms with Crippen molar-refractivity contribution >= 4 is 40.7 Å². The summed E-state index contributed by atoms with van der Waals surface area (Å²) in [5, 5.41) is -0.302. The van der Waals surface area contributed by atoms with Gasteiger partial charge in [-0.1, -0.05) is 17.7 Å². The number of rotatable bonds is 2. The van der Waals surface area contributed by atoms with Crippen molar-refractivity contribution in [1.29, 1.82) is 0 Å². The zero-order chi connectivity index (χ0) is 13.2. The van der Waals surface area contributed by atoms with Crippen LogP contribution in [0.4, 0.5) is 5.69 Å². The van der Waals surface area contributed by atoms with Gasteiger partial charge in [-0.2, -0.15) is 0 Å². The zero-order valence-corrected chi connectivity index (χ0v) is 11.3. The van der Waals surface area contributed by atoms with Crippen LogP contribution in [-0.4, -0.2) is 17.2 Å². The number of carbonyl (C=O) groups is 2. The quantitative estimate of drug-likeness (QED) is 0.777. The van der Waals surface area contributed by atoms with Crippen LogP contribution in [0.3, 0.4) is 0 Å². The maximum Gasteiger partial charge on any atom is 0.251 e. The number of halogens is 2. The second kappa shape index (κ2) is 5.52. The molecule has 0 aliphatic rings. The van der Waals surface area contributed by atoms with E-state index in [9.17, 15) is 9.59 Å². The first-order valence-corrected chi connectivity index (χ1v) is 5.90. The molecule has 0 bridgehead atoms. The maximum atomic E-state index is 11.9. The monoisotopic (exact) mass is 273 g/mol. The fraction of sp³-hybridized carbons (Fsp3) is 0.333. The average molecular weight is 274 g/mol. The summed E-state index contributed by atoms with van der Waals surface area (Å²) in [5.74, 6) is -0.836. The number of hydrogen-bond donors (Lipinski definition) is 0. The van der Waals surface area contributed by atoms with Crippen molar-refractivity contribution < 1.29 is 9.59 Å². The molecule has 17 heavy (non-hydrogen) atoms. The molecule has 0 aliphatic carbocycles. The molecule has 0 aliphatic heterocycles. The number of alkyl halides is 1. The summed E-state index contributed by atoms with van der Waals surface area (Å²) < 4.78 is 0. The van der Waals surface area contributed by atoms with Crippen LogP contribution in [0, 0.1) is 6.92 Å². The van der Waals surface area contributed by atoms with Crippen molar-refractivity contribution in [3.63, 3.8) is 0 Å². The summed E-state index contributed by atoms with van der Waals surface area (Å²) in [6.07, 6.45) is 0. The number of imide groups is 1. The van der Waals surface area contributed by atoms with Crippen LogP contribution in [0.2, 0.25) is 5.02 Å². The second-order valence-corrected chi connectivity index (χ2v) is 4.83. The highest BCUT2D eigenvalue weighted by Gasteiger charge is 2.25. The van der Waals surface area contributed by atoms with E-state index in [0.717, 1.165) is 10.5 Å². The highest BCUT2D eigenvalue weighted by Crippen LogP contribution is 2.25. The molecule has 1 aromatic rings. The molecule has 0 heterocycles. The van der Waals surface area contributed by atoms with Crippen LogP contribution < -0.4 is 4.90 Å². The number of anilines is 1. The normalized spacial score (nSPS) is 12.1. The van der Waals surface area contributed by atoms with E-state index in [-0.39, 0.29) is 5.91 Å². The third-order valence-corrected chi connectivity index (χ3v) is 2.71. The van der Waals surface area contributed by atoms with E-state index < -0.39 is 11.3 Å². The molecule has 0 fully saturated rings. The van der Waals surface area contributed by atoms with Gasteiger partial charge in [-0.15, -0.1) is 11.6 Å². The van der Waals surface area contributed by atoms with E-state index in [4.69, 9.17) is 23.2 Å². The third kappa shape index (κ3) is 3.20. The maximum absolute atomic E-state index is 11.9. The number of amides is 2. The largest absolute Gasteiger partial charge is 0.274 e. The van der Waals surface area contributed by atoms with E-state index >= 15 is 0 Å². The second-order valence-electron chi connectivity index (χ2n) is 3.74. The van der Waals surface area contributed by atoms with E-state index in [1.807, 2.05) is 0 Å². The number of nitrogens with zero attached hydrogens (tertiary/aromatic N) is 1. The van der Waals surface area contributed by atoms with E-state index in [1.165, 1.54) is 13.8 Å². The lowest BCUT2D eigenvalue weighted by atomic mass is 10.1. The van der Waals surface area contributed by atoms with Gasteiger partial charge >= 0.3 is 0 Å². The summed E-state index contributed by atoms with van der Waals surface area (Å²) in [7, 11) is 0. The Hall–Kier alpha value is -1.06. The molecular formula is C12H13Cl2NO2. The summed E-state index contributed by atoms with van der Waals surface area (Å²) in [5.41, 5.74) is 1.26.